The monoisotopic (exact) mass is 285 g/mol. The Hall–Kier alpha value is -1.36. The highest BCUT2D eigenvalue weighted by atomic mass is 79.9. The Labute approximate surface area is 102 Å². The van der Waals surface area contributed by atoms with Crippen molar-refractivity contribution in [1.29, 1.82) is 0 Å². The number of carboxylic acid groups (broad SMARTS) is 1. The van der Waals surface area contributed by atoms with Gasteiger partial charge >= 0.3 is 5.97 Å². The Morgan fingerprint density at radius 1 is 1.56 bits per heavy atom. The highest BCUT2D eigenvalue weighted by Gasteiger charge is 2.17. The van der Waals surface area contributed by atoms with Crippen molar-refractivity contribution in [3.05, 3.63) is 34.9 Å². The predicted molar refractivity (Wildman–Crippen MR) is 65.0 cm³/mol. The molecule has 0 bridgehead atoms. The molecule has 0 aliphatic heterocycles. The Bertz CT molecular complexity index is 429. The number of benzene rings is 1. The second-order valence-electron chi connectivity index (χ2n) is 3.16. The van der Waals surface area contributed by atoms with Crippen molar-refractivity contribution >= 4 is 27.6 Å². The average molecular weight is 286 g/mol. The Kier molecular flexibility index (Phi) is 4.49. The van der Waals surface area contributed by atoms with Crippen LogP contribution in [0.3, 0.4) is 0 Å². The van der Waals surface area contributed by atoms with Crippen LogP contribution in [0.4, 0.5) is 0 Å². The van der Waals surface area contributed by atoms with Crippen LogP contribution in [0.25, 0.3) is 0 Å². The van der Waals surface area contributed by atoms with Crippen LogP contribution >= 0.6 is 15.9 Å². The molecule has 0 aliphatic rings. The summed E-state index contributed by atoms with van der Waals surface area (Å²) in [6.45, 7) is 1.92. The van der Waals surface area contributed by atoms with Gasteiger partial charge in [-0.1, -0.05) is 39.3 Å². The van der Waals surface area contributed by atoms with Crippen LogP contribution in [0.5, 0.6) is 0 Å². The van der Waals surface area contributed by atoms with Gasteiger partial charge in [-0.15, -0.1) is 0 Å². The van der Waals surface area contributed by atoms with E-state index in [9.17, 15) is 4.79 Å². The van der Waals surface area contributed by atoms with Crippen molar-refractivity contribution in [3.63, 3.8) is 0 Å². The lowest BCUT2D eigenvalue weighted by atomic mass is 10.00. The smallest absolute Gasteiger partial charge is 0.358 e. The summed E-state index contributed by atoms with van der Waals surface area (Å²) in [5.74, 6) is -1.10. The van der Waals surface area contributed by atoms with Crippen LogP contribution in [-0.4, -0.2) is 23.9 Å². The largest absolute Gasteiger partial charge is 0.476 e. The third-order valence-electron chi connectivity index (χ3n) is 2.18. The van der Waals surface area contributed by atoms with Gasteiger partial charge in [0.05, 0.1) is 0 Å². The van der Waals surface area contributed by atoms with E-state index in [0.29, 0.717) is 10.9 Å². The van der Waals surface area contributed by atoms with E-state index in [1.54, 1.807) is 12.1 Å². The van der Waals surface area contributed by atoms with Gasteiger partial charge in [-0.3, -0.25) is 0 Å². The SMILES string of the molecule is CO/N=C(/C(=O)O)c1cccc(C)c1CBr. The quantitative estimate of drug-likeness (QED) is 0.525. The van der Waals surface area contributed by atoms with E-state index >= 15 is 0 Å². The van der Waals surface area contributed by atoms with E-state index in [1.165, 1.54) is 7.11 Å². The molecule has 4 nitrogen and oxygen atoms in total. The standard InChI is InChI=1S/C11H12BrNO3/c1-7-4-3-5-8(9(7)6-12)10(11(14)15)13-16-2/h3-5H,6H2,1-2H3,(H,14,15)/b13-10+. The first-order valence-electron chi connectivity index (χ1n) is 4.61. The molecular formula is C11H12BrNO3. The Morgan fingerprint density at radius 3 is 2.75 bits per heavy atom. The van der Waals surface area contributed by atoms with Crippen molar-refractivity contribution in [2.24, 2.45) is 5.16 Å². The van der Waals surface area contributed by atoms with E-state index < -0.39 is 5.97 Å². The normalized spacial score (nSPS) is 11.3. The summed E-state index contributed by atoms with van der Waals surface area (Å²) < 4.78 is 0. The van der Waals surface area contributed by atoms with Gasteiger partial charge in [0.25, 0.3) is 0 Å². The van der Waals surface area contributed by atoms with Gasteiger partial charge in [-0.25, -0.2) is 4.79 Å². The van der Waals surface area contributed by atoms with Gasteiger partial charge in [-0.2, -0.15) is 0 Å². The molecule has 0 unspecified atom stereocenters. The maximum absolute atomic E-state index is 11.0. The minimum atomic E-state index is -1.10. The number of alkyl halides is 1. The van der Waals surface area contributed by atoms with Gasteiger partial charge in [-0.05, 0) is 18.1 Å². The molecule has 1 aromatic rings. The van der Waals surface area contributed by atoms with Gasteiger partial charge in [0.15, 0.2) is 5.71 Å². The third kappa shape index (κ3) is 2.61. The molecule has 0 spiro atoms. The molecule has 86 valence electrons. The lowest BCUT2D eigenvalue weighted by molar-refractivity contribution is -0.129. The number of rotatable bonds is 4. The second kappa shape index (κ2) is 5.65. The summed E-state index contributed by atoms with van der Waals surface area (Å²) in [6, 6.07) is 5.44. The summed E-state index contributed by atoms with van der Waals surface area (Å²) in [4.78, 5) is 15.6. The number of carboxylic acids is 1. The van der Waals surface area contributed by atoms with Crippen LogP contribution in [0.15, 0.2) is 23.4 Å². The Morgan fingerprint density at radius 2 is 2.25 bits per heavy atom. The summed E-state index contributed by atoms with van der Waals surface area (Å²) in [6.07, 6.45) is 0. The number of carbonyl (C=O) groups is 1. The first-order chi connectivity index (χ1) is 7.61. The number of aliphatic carboxylic acids is 1. The molecule has 0 amide bonds. The fourth-order valence-electron chi connectivity index (χ4n) is 1.40. The molecule has 0 aliphatic carbocycles. The maximum atomic E-state index is 11.0. The van der Waals surface area contributed by atoms with Crippen LogP contribution in [0.1, 0.15) is 16.7 Å². The predicted octanol–water partition coefficient (Wildman–Crippen LogP) is 2.33. The molecule has 0 heterocycles. The van der Waals surface area contributed by atoms with Crippen molar-refractivity contribution in [2.45, 2.75) is 12.3 Å². The second-order valence-corrected chi connectivity index (χ2v) is 3.72. The zero-order chi connectivity index (χ0) is 12.1. The van der Waals surface area contributed by atoms with E-state index in [2.05, 4.69) is 25.9 Å². The fourth-order valence-corrected chi connectivity index (χ4v) is 2.14. The first kappa shape index (κ1) is 12.7. The van der Waals surface area contributed by atoms with Crippen LogP contribution in [0.2, 0.25) is 0 Å². The Balaban J connectivity index is 3.35. The van der Waals surface area contributed by atoms with Crippen LogP contribution < -0.4 is 0 Å². The number of oxime groups is 1. The minimum Gasteiger partial charge on any atom is -0.476 e. The highest BCUT2D eigenvalue weighted by Crippen LogP contribution is 2.18. The lowest BCUT2D eigenvalue weighted by Crippen LogP contribution is -2.17. The summed E-state index contributed by atoms with van der Waals surface area (Å²) in [7, 11) is 1.33. The molecule has 0 radical (unpaired) electrons. The first-order valence-corrected chi connectivity index (χ1v) is 5.73. The van der Waals surface area contributed by atoms with E-state index in [1.807, 2.05) is 13.0 Å². The molecule has 0 saturated carbocycles. The molecule has 0 atom stereocenters. The highest BCUT2D eigenvalue weighted by molar-refractivity contribution is 9.08. The van der Waals surface area contributed by atoms with Crippen molar-refractivity contribution in [1.82, 2.24) is 0 Å². The molecular weight excluding hydrogens is 274 g/mol. The van der Waals surface area contributed by atoms with Crippen molar-refractivity contribution in [3.8, 4) is 0 Å². The molecule has 16 heavy (non-hydrogen) atoms. The molecule has 1 N–H and O–H groups in total. The number of hydrogen-bond donors (Lipinski definition) is 1. The molecule has 1 rings (SSSR count). The van der Waals surface area contributed by atoms with Crippen LogP contribution in [0, 0.1) is 6.92 Å². The van der Waals surface area contributed by atoms with Crippen LogP contribution in [-0.2, 0) is 15.0 Å². The third-order valence-corrected chi connectivity index (χ3v) is 2.74. The molecule has 0 aromatic heterocycles. The van der Waals surface area contributed by atoms with Gasteiger partial charge in [0, 0.05) is 10.9 Å². The van der Waals surface area contributed by atoms with E-state index in [4.69, 9.17) is 5.11 Å². The number of aryl methyl sites for hydroxylation is 1. The van der Waals surface area contributed by atoms with Gasteiger partial charge in [0.1, 0.15) is 7.11 Å². The van der Waals surface area contributed by atoms with E-state index in [-0.39, 0.29) is 5.71 Å². The zero-order valence-corrected chi connectivity index (χ0v) is 10.6. The average Bonchev–Trinajstić information content (AvgIpc) is 2.25. The molecule has 0 fully saturated rings. The minimum absolute atomic E-state index is 0.0827. The summed E-state index contributed by atoms with van der Waals surface area (Å²) >= 11 is 3.34. The van der Waals surface area contributed by atoms with Crippen molar-refractivity contribution < 1.29 is 14.7 Å². The zero-order valence-electron chi connectivity index (χ0n) is 9.03. The molecule has 5 heteroatoms. The fraction of sp³-hybridized carbons (Fsp3) is 0.273. The number of hydrogen-bond acceptors (Lipinski definition) is 3. The summed E-state index contributed by atoms with van der Waals surface area (Å²) in [5, 5.41) is 13.2. The number of nitrogens with zero attached hydrogens (tertiary/aromatic N) is 1. The maximum Gasteiger partial charge on any atom is 0.358 e. The van der Waals surface area contributed by atoms with Gasteiger partial charge in [0.2, 0.25) is 0 Å². The van der Waals surface area contributed by atoms with Crippen molar-refractivity contribution in [2.75, 3.05) is 7.11 Å². The van der Waals surface area contributed by atoms with Gasteiger partial charge < -0.3 is 9.94 Å². The molecule has 1 aromatic carbocycles. The topological polar surface area (TPSA) is 58.9 Å². The number of halogens is 1. The summed E-state index contributed by atoms with van der Waals surface area (Å²) in [5.41, 5.74) is 2.41. The molecule has 0 saturated heterocycles. The lowest BCUT2D eigenvalue weighted by Gasteiger charge is -2.09. The van der Waals surface area contributed by atoms with E-state index in [0.717, 1.165) is 11.1 Å².